The predicted octanol–water partition coefficient (Wildman–Crippen LogP) is 3.06. The molecule has 0 atom stereocenters. The van der Waals surface area contributed by atoms with Gasteiger partial charge in [-0.1, -0.05) is 30.8 Å². The first-order valence-corrected chi connectivity index (χ1v) is 11.2. The molecule has 1 aromatic heterocycles. The number of likely N-dealkylation sites (tertiary alicyclic amines) is 1. The Morgan fingerprint density at radius 2 is 1.78 bits per heavy atom. The fourth-order valence-corrected chi connectivity index (χ4v) is 5.32. The molecule has 1 N–H and O–H groups in total. The van der Waals surface area contributed by atoms with Gasteiger partial charge in [0.1, 0.15) is 0 Å². The second-order valence-corrected chi connectivity index (χ2v) is 9.21. The average Bonchev–Trinajstić information content (AvgIpc) is 3.27. The molecule has 2 aromatic rings. The molecule has 0 radical (unpaired) electrons. The minimum absolute atomic E-state index is 0.0265. The van der Waals surface area contributed by atoms with Crippen molar-refractivity contribution in [3.05, 3.63) is 23.9 Å². The van der Waals surface area contributed by atoms with Crippen molar-refractivity contribution in [2.24, 2.45) is 0 Å². The van der Waals surface area contributed by atoms with Gasteiger partial charge in [-0.15, -0.1) is 0 Å². The summed E-state index contributed by atoms with van der Waals surface area (Å²) in [6, 6.07) is 4.57. The molecule has 1 aromatic carbocycles. The monoisotopic (exact) mass is 391 g/mol. The Kier molecular flexibility index (Phi) is 5.19. The summed E-state index contributed by atoms with van der Waals surface area (Å²) in [6.45, 7) is 1.41. The third-order valence-corrected chi connectivity index (χ3v) is 7.04. The van der Waals surface area contributed by atoms with Crippen LogP contribution in [0, 0.1) is 0 Å². The van der Waals surface area contributed by atoms with Crippen LogP contribution in [-0.4, -0.2) is 43.5 Å². The number of hydrogen-bond donors (Lipinski definition) is 1. The van der Waals surface area contributed by atoms with E-state index in [2.05, 4.69) is 9.88 Å². The molecule has 146 valence electrons. The van der Waals surface area contributed by atoms with Crippen molar-refractivity contribution in [2.45, 2.75) is 62.3 Å². The summed E-state index contributed by atoms with van der Waals surface area (Å²) in [5, 5.41) is 4.36. The van der Waals surface area contributed by atoms with Crippen LogP contribution in [0.3, 0.4) is 0 Å². The van der Waals surface area contributed by atoms with E-state index in [1.807, 2.05) is 0 Å². The van der Waals surface area contributed by atoms with Crippen LogP contribution in [0.15, 0.2) is 27.6 Å². The molecular weight excluding hydrogens is 366 g/mol. The maximum absolute atomic E-state index is 12.9. The molecular formula is C19H25N3O4S. The summed E-state index contributed by atoms with van der Waals surface area (Å²) < 4.78 is 33.8. The minimum atomic E-state index is -3.65. The molecule has 4 rings (SSSR count). The van der Waals surface area contributed by atoms with Crippen LogP contribution in [0.5, 0.6) is 0 Å². The van der Waals surface area contributed by atoms with Crippen molar-refractivity contribution >= 4 is 26.9 Å². The van der Waals surface area contributed by atoms with Gasteiger partial charge in [-0.3, -0.25) is 4.79 Å². The Morgan fingerprint density at radius 1 is 1.07 bits per heavy atom. The molecule has 1 saturated heterocycles. The molecule has 27 heavy (non-hydrogen) atoms. The van der Waals surface area contributed by atoms with Gasteiger partial charge in [-0.25, -0.2) is 13.1 Å². The van der Waals surface area contributed by atoms with E-state index in [0.717, 1.165) is 51.4 Å². The van der Waals surface area contributed by atoms with Crippen LogP contribution in [0.4, 0.5) is 0 Å². The summed E-state index contributed by atoms with van der Waals surface area (Å²) in [5.41, 5.74) is 0.615. The van der Waals surface area contributed by atoms with Crippen LogP contribution < -0.4 is 4.72 Å². The first-order valence-electron chi connectivity index (χ1n) is 9.76. The summed E-state index contributed by atoms with van der Waals surface area (Å²) >= 11 is 0. The predicted molar refractivity (Wildman–Crippen MR) is 101 cm³/mol. The van der Waals surface area contributed by atoms with Crippen molar-refractivity contribution < 1.29 is 17.7 Å². The van der Waals surface area contributed by atoms with E-state index in [4.69, 9.17) is 4.52 Å². The third-order valence-electron chi connectivity index (χ3n) is 5.52. The maximum Gasteiger partial charge on any atom is 0.276 e. The van der Waals surface area contributed by atoms with Gasteiger partial charge in [0, 0.05) is 19.1 Å². The molecule has 2 heterocycles. The Labute approximate surface area is 159 Å². The molecule has 0 spiro atoms. The highest BCUT2D eigenvalue weighted by Gasteiger charge is 2.27. The molecule has 1 amide bonds. The van der Waals surface area contributed by atoms with Gasteiger partial charge in [0.05, 0.1) is 10.3 Å². The van der Waals surface area contributed by atoms with Gasteiger partial charge in [-0.05, 0) is 43.9 Å². The van der Waals surface area contributed by atoms with Crippen LogP contribution >= 0.6 is 0 Å². The number of rotatable bonds is 4. The van der Waals surface area contributed by atoms with Gasteiger partial charge < -0.3 is 9.42 Å². The Hall–Kier alpha value is -1.93. The SMILES string of the molecule is O=C(c1noc2ccc(S(=O)(=O)NC3CCCCCC3)cc12)N1CCCC1. The van der Waals surface area contributed by atoms with Crippen LogP contribution in [0.2, 0.25) is 0 Å². The lowest BCUT2D eigenvalue weighted by Gasteiger charge is -2.16. The summed E-state index contributed by atoms with van der Waals surface area (Å²) in [5.74, 6) is -0.197. The normalized spacial score (nSPS) is 19.5. The number of fused-ring (bicyclic) bond motifs is 1. The van der Waals surface area contributed by atoms with Crippen LogP contribution in [0.1, 0.15) is 61.9 Å². The van der Waals surface area contributed by atoms with Crippen molar-refractivity contribution in [3.8, 4) is 0 Å². The van der Waals surface area contributed by atoms with Crippen molar-refractivity contribution in [1.29, 1.82) is 0 Å². The fourth-order valence-electron chi connectivity index (χ4n) is 3.99. The highest BCUT2D eigenvalue weighted by Crippen LogP contribution is 2.26. The lowest BCUT2D eigenvalue weighted by atomic mass is 10.1. The summed E-state index contributed by atoms with van der Waals surface area (Å²) in [4.78, 5) is 14.6. The molecule has 1 aliphatic carbocycles. The molecule has 8 heteroatoms. The van der Waals surface area contributed by atoms with Crippen LogP contribution in [-0.2, 0) is 10.0 Å². The Morgan fingerprint density at radius 3 is 2.48 bits per heavy atom. The topological polar surface area (TPSA) is 92.5 Å². The first-order chi connectivity index (χ1) is 13.0. The van der Waals surface area contributed by atoms with E-state index in [0.29, 0.717) is 24.1 Å². The fraction of sp³-hybridized carbons (Fsp3) is 0.579. The van der Waals surface area contributed by atoms with Crippen molar-refractivity contribution in [2.75, 3.05) is 13.1 Å². The standard InChI is InChI=1S/C19H25N3O4S/c23-19(22-11-5-6-12-22)18-16-13-15(9-10-17(16)26-20-18)27(24,25)21-14-7-3-1-2-4-8-14/h9-10,13-14,21H,1-8,11-12H2. The Bertz CT molecular complexity index is 924. The highest BCUT2D eigenvalue weighted by molar-refractivity contribution is 7.89. The zero-order valence-electron chi connectivity index (χ0n) is 15.3. The maximum atomic E-state index is 12.9. The minimum Gasteiger partial charge on any atom is -0.355 e. The van der Waals surface area contributed by atoms with E-state index >= 15 is 0 Å². The smallest absolute Gasteiger partial charge is 0.276 e. The zero-order valence-corrected chi connectivity index (χ0v) is 16.1. The van der Waals surface area contributed by atoms with Crippen LogP contribution in [0.25, 0.3) is 11.0 Å². The average molecular weight is 391 g/mol. The number of carbonyl (C=O) groups is 1. The highest BCUT2D eigenvalue weighted by atomic mass is 32.2. The molecule has 0 bridgehead atoms. The Balaban J connectivity index is 1.61. The number of sulfonamides is 1. The number of nitrogens with one attached hydrogen (secondary N) is 1. The number of benzene rings is 1. The van der Waals surface area contributed by atoms with E-state index in [1.54, 1.807) is 11.0 Å². The zero-order chi connectivity index (χ0) is 18.9. The second kappa shape index (κ2) is 7.59. The largest absolute Gasteiger partial charge is 0.355 e. The lowest BCUT2D eigenvalue weighted by Crippen LogP contribution is -2.34. The second-order valence-electron chi connectivity index (χ2n) is 7.50. The van der Waals surface area contributed by atoms with Gasteiger partial charge in [0.25, 0.3) is 5.91 Å². The number of hydrogen-bond acceptors (Lipinski definition) is 5. The first kappa shape index (κ1) is 18.4. The van der Waals surface area contributed by atoms with Gasteiger partial charge in [0.15, 0.2) is 11.3 Å². The van der Waals surface area contributed by atoms with E-state index in [1.165, 1.54) is 12.1 Å². The van der Waals surface area contributed by atoms with Crippen molar-refractivity contribution in [3.63, 3.8) is 0 Å². The number of aromatic nitrogens is 1. The third kappa shape index (κ3) is 3.87. The van der Waals surface area contributed by atoms with Gasteiger partial charge in [-0.2, -0.15) is 0 Å². The number of amides is 1. The molecule has 7 nitrogen and oxygen atoms in total. The van der Waals surface area contributed by atoms with Gasteiger partial charge >= 0.3 is 0 Å². The van der Waals surface area contributed by atoms with Gasteiger partial charge in [0.2, 0.25) is 10.0 Å². The quantitative estimate of drug-likeness (QED) is 0.809. The van der Waals surface area contributed by atoms with Crippen molar-refractivity contribution in [1.82, 2.24) is 14.8 Å². The molecule has 1 aliphatic heterocycles. The van der Waals surface area contributed by atoms with E-state index in [9.17, 15) is 13.2 Å². The molecule has 2 aliphatic rings. The van der Waals surface area contributed by atoms with E-state index in [-0.39, 0.29) is 22.5 Å². The molecule has 1 saturated carbocycles. The van der Waals surface area contributed by atoms with E-state index < -0.39 is 10.0 Å². The summed E-state index contributed by atoms with van der Waals surface area (Å²) in [7, 11) is -3.65. The molecule has 2 fully saturated rings. The molecule has 0 unspecified atom stereocenters. The summed E-state index contributed by atoms with van der Waals surface area (Å²) in [6.07, 6.45) is 8.11. The number of nitrogens with zero attached hydrogens (tertiary/aromatic N) is 2. The lowest BCUT2D eigenvalue weighted by molar-refractivity contribution is 0.0784. The number of carbonyl (C=O) groups excluding carboxylic acids is 1.